The zero-order valence-electron chi connectivity index (χ0n) is 54.4. The van der Waals surface area contributed by atoms with Crippen LogP contribution in [-0.2, 0) is 23.8 Å². The molecule has 0 spiro atoms. The molecular formula is C73H133NO10. The Labute approximate surface area is 516 Å². The van der Waals surface area contributed by atoms with Crippen LogP contribution in [0.2, 0.25) is 0 Å². The molecule has 7 atom stereocenters. The molecule has 11 heteroatoms. The van der Waals surface area contributed by atoms with Gasteiger partial charge in [-0.05, 0) is 103 Å². The van der Waals surface area contributed by atoms with E-state index in [1.54, 1.807) is 6.08 Å². The molecule has 1 aliphatic rings. The molecular weight excluding hydrogens is 1050 g/mol. The normalized spacial score (nSPS) is 18.4. The monoisotopic (exact) mass is 1180 g/mol. The second-order valence-corrected chi connectivity index (χ2v) is 24.6. The second-order valence-electron chi connectivity index (χ2n) is 24.6. The summed E-state index contributed by atoms with van der Waals surface area (Å²) in [5.74, 6) is -0.195. The van der Waals surface area contributed by atoms with E-state index < -0.39 is 49.5 Å². The Bertz CT molecular complexity index is 1580. The zero-order valence-corrected chi connectivity index (χ0v) is 54.4. The van der Waals surface area contributed by atoms with Gasteiger partial charge in [-0.3, -0.25) is 9.59 Å². The number of carbonyl (C=O) groups excluding carboxylic acids is 2. The van der Waals surface area contributed by atoms with Crippen molar-refractivity contribution < 1.29 is 49.3 Å². The van der Waals surface area contributed by atoms with Crippen molar-refractivity contribution in [2.75, 3.05) is 19.8 Å². The van der Waals surface area contributed by atoms with Gasteiger partial charge in [0.05, 0.1) is 32.0 Å². The third-order valence-corrected chi connectivity index (χ3v) is 16.6. The number of ether oxygens (including phenoxy) is 3. The fourth-order valence-electron chi connectivity index (χ4n) is 11.1. The number of hydrogen-bond donors (Lipinski definition) is 6. The fourth-order valence-corrected chi connectivity index (χ4v) is 11.1. The summed E-state index contributed by atoms with van der Waals surface area (Å²) in [4.78, 5) is 25.1. The van der Waals surface area contributed by atoms with Crippen molar-refractivity contribution in [2.45, 2.75) is 371 Å². The molecule has 490 valence electrons. The van der Waals surface area contributed by atoms with Crippen LogP contribution in [0.25, 0.3) is 0 Å². The summed E-state index contributed by atoms with van der Waals surface area (Å²) in [5.41, 5.74) is 0. The average Bonchev–Trinajstić information content (AvgIpc) is 3.70. The molecule has 1 saturated heterocycles. The van der Waals surface area contributed by atoms with Crippen LogP contribution in [-0.4, -0.2) is 100 Å². The maximum Gasteiger partial charge on any atom is 0.305 e. The molecule has 7 unspecified atom stereocenters. The lowest BCUT2D eigenvalue weighted by Gasteiger charge is -2.40. The molecule has 1 aliphatic heterocycles. The van der Waals surface area contributed by atoms with Crippen molar-refractivity contribution in [1.82, 2.24) is 5.32 Å². The van der Waals surface area contributed by atoms with Crippen LogP contribution in [0.15, 0.2) is 60.8 Å². The number of amides is 1. The summed E-state index contributed by atoms with van der Waals surface area (Å²) in [6.45, 7) is 4.10. The van der Waals surface area contributed by atoms with Crippen molar-refractivity contribution in [3.05, 3.63) is 60.8 Å². The lowest BCUT2D eigenvalue weighted by molar-refractivity contribution is -0.302. The Balaban J connectivity index is 1.90. The van der Waals surface area contributed by atoms with E-state index in [0.717, 1.165) is 64.2 Å². The molecule has 84 heavy (non-hydrogen) atoms. The summed E-state index contributed by atoms with van der Waals surface area (Å²) in [7, 11) is 0. The van der Waals surface area contributed by atoms with Crippen molar-refractivity contribution in [1.29, 1.82) is 0 Å². The fraction of sp³-hybridized carbons (Fsp3) is 0.836. The number of aliphatic hydroxyl groups excluding tert-OH is 5. The number of allylic oxidation sites excluding steroid dienone is 9. The third kappa shape index (κ3) is 50.4. The van der Waals surface area contributed by atoms with Crippen LogP contribution in [0, 0.1) is 0 Å². The first-order valence-electron chi connectivity index (χ1n) is 35.5. The minimum Gasteiger partial charge on any atom is -0.466 e. The van der Waals surface area contributed by atoms with E-state index in [1.807, 2.05) is 19.1 Å². The van der Waals surface area contributed by atoms with E-state index in [0.29, 0.717) is 19.4 Å². The molecule has 0 radical (unpaired) electrons. The van der Waals surface area contributed by atoms with Gasteiger partial charge in [0.15, 0.2) is 6.29 Å². The van der Waals surface area contributed by atoms with Crippen LogP contribution in [0.3, 0.4) is 0 Å². The van der Waals surface area contributed by atoms with E-state index in [9.17, 15) is 35.1 Å². The van der Waals surface area contributed by atoms with Gasteiger partial charge in [0.2, 0.25) is 5.91 Å². The second kappa shape index (κ2) is 62.0. The highest BCUT2D eigenvalue weighted by atomic mass is 16.7. The van der Waals surface area contributed by atoms with Gasteiger partial charge in [0.1, 0.15) is 24.4 Å². The largest absolute Gasteiger partial charge is 0.466 e. The van der Waals surface area contributed by atoms with E-state index in [-0.39, 0.29) is 18.5 Å². The Hall–Kier alpha value is -2.64. The molecule has 0 aromatic heterocycles. The lowest BCUT2D eigenvalue weighted by atomic mass is 9.99. The van der Waals surface area contributed by atoms with Crippen molar-refractivity contribution in [3.63, 3.8) is 0 Å². The molecule has 1 heterocycles. The molecule has 11 nitrogen and oxygen atoms in total. The van der Waals surface area contributed by atoms with E-state index in [4.69, 9.17) is 14.2 Å². The topological polar surface area (TPSA) is 175 Å². The van der Waals surface area contributed by atoms with E-state index >= 15 is 0 Å². The highest BCUT2D eigenvalue weighted by Crippen LogP contribution is 2.23. The van der Waals surface area contributed by atoms with Crippen LogP contribution >= 0.6 is 0 Å². The minimum absolute atomic E-state index is 0.00205. The van der Waals surface area contributed by atoms with Gasteiger partial charge < -0.3 is 45.1 Å². The number of aliphatic hydroxyl groups is 5. The minimum atomic E-state index is -1.58. The van der Waals surface area contributed by atoms with Gasteiger partial charge in [0, 0.05) is 12.8 Å². The Morgan fingerprint density at radius 2 is 0.821 bits per heavy atom. The first kappa shape index (κ1) is 79.4. The molecule has 1 amide bonds. The summed E-state index contributed by atoms with van der Waals surface area (Å²) >= 11 is 0. The zero-order chi connectivity index (χ0) is 60.9. The number of esters is 1. The summed E-state index contributed by atoms with van der Waals surface area (Å²) in [5, 5.41) is 54.2. The van der Waals surface area contributed by atoms with E-state index in [2.05, 4.69) is 54.8 Å². The highest BCUT2D eigenvalue weighted by molar-refractivity contribution is 5.76. The Kier molecular flexibility index (Phi) is 58.6. The Morgan fingerprint density at radius 1 is 0.452 bits per heavy atom. The van der Waals surface area contributed by atoms with Crippen LogP contribution in [0.4, 0.5) is 0 Å². The molecule has 1 fully saturated rings. The third-order valence-electron chi connectivity index (χ3n) is 16.6. The van der Waals surface area contributed by atoms with E-state index in [1.165, 1.54) is 238 Å². The summed E-state index contributed by atoms with van der Waals surface area (Å²) in [6.07, 6.45) is 72.6. The Morgan fingerprint density at radius 3 is 1.25 bits per heavy atom. The molecule has 0 saturated carbocycles. The average molecular weight is 1180 g/mol. The predicted molar refractivity (Wildman–Crippen MR) is 352 cm³/mol. The molecule has 0 aliphatic carbocycles. The molecule has 0 bridgehead atoms. The van der Waals surface area contributed by atoms with Crippen molar-refractivity contribution in [2.24, 2.45) is 0 Å². The summed E-state index contributed by atoms with van der Waals surface area (Å²) < 4.78 is 16.7. The van der Waals surface area contributed by atoms with Gasteiger partial charge in [0.25, 0.3) is 0 Å². The van der Waals surface area contributed by atoms with Gasteiger partial charge >= 0.3 is 5.97 Å². The molecule has 1 rings (SSSR count). The number of carbonyl (C=O) groups is 2. The smallest absolute Gasteiger partial charge is 0.305 e. The predicted octanol–water partition coefficient (Wildman–Crippen LogP) is 18.1. The van der Waals surface area contributed by atoms with Gasteiger partial charge in [-0.1, -0.05) is 273 Å². The molecule has 0 aromatic rings. The first-order chi connectivity index (χ1) is 41.2. The van der Waals surface area contributed by atoms with Gasteiger partial charge in [-0.15, -0.1) is 0 Å². The van der Waals surface area contributed by atoms with Crippen LogP contribution in [0.5, 0.6) is 0 Å². The van der Waals surface area contributed by atoms with Gasteiger partial charge in [-0.25, -0.2) is 0 Å². The van der Waals surface area contributed by atoms with Crippen molar-refractivity contribution >= 4 is 11.9 Å². The van der Waals surface area contributed by atoms with Gasteiger partial charge in [-0.2, -0.15) is 0 Å². The quantitative estimate of drug-likeness (QED) is 0.0195. The number of hydrogen-bond acceptors (Lipinski definition) is 10. The maximum atomic E-state index is 13.0. The summed E-state index contributed by atoms with van der Waals surface area (Å²) in [6, 6.07) is -0.832. The maximum absolute atomic E-state index is 13.0. The standard InChI is InChI=1S/C73H133NO10/c1-3-5-7-9-11-13-14-15-34-38-41-45-49-53-57-61-69(78)82-62-58-54-50-46-42-39-36-33-31-29-27-25-23-21-19-17-16-18-20-22-24-26-28-30-32-35-37-40-44-48-52-56-60-68(77)74-65(66(76)59-55-51-47-43-12-10-8-6-4-2)64-83-73-72(81)71(80)70(79)67(63-75)84-73/h4,6,12,15,19,21,34,43,55,59,65-67,70-73,75-76,79-81H,3,5,7-11,13-14,16-18,20,22-33,35-42,44-54,56-58,60-64H2,1-2H3,(H,74,77)/b6-4+,21-19-,34-15-,43-12+,59-55+. The first-order valence-corrected chi connectivity index (χ1v) is 35.5. The van der Waals surface area contributed by atoms with Crippen molar-refractivity contribution in [3.8, 4) is 0 Å². The SMILES string of the molecule is C/C=C/CC/C=C/CC/C=C/C(O)C(COC1OC(CO)C(O)C(O)C1O)NC(=O)CCCCCCCCCCCCCCCCCC/C=C\CCCCCCCCCCCCCCOC(=O)CCCCCCC/C=C\CCCCCCCC. The molecule has 0 aromatic carbocycles. The highest BCUT2D eigenvalue weighted by Gasteiger charge is 2.44. The van der Waals surface area contributed by atoms with Crippen LogP contribution < -0.4 is 5.32 Å². The van der Waals surface area contributed by atoms with Crippen LogP contribution in [0.1, 0.15) is 328 Å². The number of nitrogens with one attached hydrogen (secondary N) is 1. The number of rotatable bonds is 62. The molecule has 6 N–H and O–H groups in total. The number of unbranched alkanes of at least 4 members (excludes halogenated alkanes) is 41. The lowest BCUT2D eigenvalue weighted by Crippen LogP contribution is -2.60.